The maximum atomic E-state index is 13.8. The highest BCUT2D eigenvalue weighted by Crippen LogP contribution is 2.67. The zero-order valence-electron chi connectivity index (χ0n) is 70.4. The third kappa shape index (κ3) is 10.5. The minimum absolute atomic E-state index is 0.0884. The lowest BCUT2D eigenvalue weighted by Crippen LogP contribution is -2.40. The molecule has 0 bridgehead atoms. The topological polar surface area (TPSA) is 127 Å². The van der Waals surface area contributed by atoms with Crippen LogP contribution in [0.2, 0.25) is 0 Å². The van der Waals surface area contributed by atoms with E-state index < -0.39 is 16.2 Å². The average molecular weight is 1670 g/mol. The minimum atomic E-state index is -0.649. The number of rotatable bonds is 3. The summed E-state index contributed by atoms with van der Waals surface area (Å²) in [4.78, 5) is 85.9. The van der Waals surface area contributed by atoms with Crippen molar-refractivity contribution in [2.24, 2.45) is 0 Å². The first-order valence-corrected chi connectivity index (χ1v) is 43.9. The lowest BCUT2D eigenvalue weighted by atomic mass is 9.58. The Morgan fingerprint density at radius 3 is 0.823 bits per heavy atom. The molecule has 612 valence electrons. The Bertz CT molecular complexity index is 7810. The van der Waals surface area contributed by atoms with Crippen molar-refractivity contribution in [1.82, 2.24) is 0 Å². The van der Waals surface area contributed by atoms with Crippen molar-refractivity contribution in [2.45, 2.75) is 36.0 Å². The molecule has 0 amide bonds. The second-order valence-corrected chi connectivity index (χ2v) is 34.8. The van der Waals surface area contributed by atoms with Gasteiger partial charge in [0, 0.05) is 106 Å². The van der Waals surface area contributed by atoms with Crippen LogP contribution in [0.25, 0.3) is 11.1 Å². The second-order valence-electron chi connectivity index (χ2n) is 34.8. The maximum absolute atomic E-state index is 13.8. The van der Waals surface area contributed by atoms with E-state index >= 15 is 0 Å². The highest BCUT2D eigenvalue weighted by Gasteiger charge is 2.56. The quantitative estimate of drug-likeness (QED) is 0.169. The van der Waals surface area contributed by atoms with Crippen LogP contribution in [-0.4, -0.2) is 34.7 Å². The van der Waals surface area contributed by atoms with Crippen molar-refractivity contribution in [2.75, 3.05) is 9.80 Å². The highest BCUT2D eigenvalue weighted by molar-refractivity contribution is 6.31. The molecule has 3 spiro atoms. The third-order valence-corrected chi connectivity index (χ3v) is 28.2. The zero-order valence-corrected chi connectivity index (χ0v) is 70.4. The van der Waals surface area contributed by atoms with Crippen LogP contribution >= 0.6 is 0 Å². The van der Waals surface area contributed by atoms with Crippen LogP contribution in [0.3, 0.4) is 0 Å². The fraction of sp³-hybridized carbons (Fsp3) is 0.0500. The lowest BCUT2D eigenvalue weighted by molar-refractivity contribution is 0.0979. The van der Waals surface area contributed by atoms with E-state index in [1.54, 1.807) is 60.7 Å². The van der Waals surface area contributed by atoms with Gasteiger partial charge in [-0.2, -0.15) is 0 Å². The maximum Gasteiger partial charge on any atom is 0.194 e. The van der Waals surface area contributed by atoms with E-state index in [0.29, 0.717) is 66.8 Å². The first kappa shape index (κ1) is 75.7. The lowest BCUT2D eigenvalue weighted by Gasteiger charge is -2.49. The van der Waals surface area contributed by atoms with Gasteiger partial charge < -0.3 is 19.3 Å². The SMILES string of the molecule is Cc1ccc2c(c1)C1(c3ccccc3Oc3ccccc31)c1cc(C)ccc1N2c1ccc2c(c1)C(=O)c1ccccc1C2=O.O=C1c2ccccc2C(=O)c2cc(C3c4ccccc4C4(c5ccccc5-c5ccccc54)c4ccccc43)ccc21.O=C1c2ccccc2C(=O)c2cc(N3c4ccccc4C4(c5ccccc5Oc5ccccc54)c4ccccc43)ccc21. The third-order valence-electron chi connectivity index (χ3n) is 28.2. The summed E-state index contributed by atoms with van der Waals surface area (Å²) >= 11 is 0. The van der Waals surface area contributed by atoms with Gasteiger partial charge in [-0.25, -0.2) is 0 Å². The number of ether oxygens (including phenoxy) is 2. The summed E-state index contributed by atoms with van der Waals surface area (Å²) in [7, 11) is 0. The van der Waals surface area contributed by atoms with Crippen LogP contribution in [0.15, 0.2) is 406 Å². The number of para-hydroxylation sites is 6. The molecule has 4 aliphatic heterocycles. The molecule has 9 aliphatic rings. The van der Waals surface area contributed by atoms with Gasteiger partial charge in [-0.1, -0.05) is 321 Å². The summed E-state index contributed by atoms with van der Waals surface area (Å²) in [6.45, 7) is 4.25. The van der Waals surface area contributed by atoms with Gasteiger partial charge in [0.15, 0.2) is 34.7 Å². The molecule has 0 atom stereocenters. The molecule has 10 heteroatoms. The molecule has 0 unspecified atom stereocenters. The van der Waals surface area contributed by atoms with Gasteiger partial charge in [-0.15, -0.1) is 0 Å². The normalized spacial score (nSPS) is 15.0. The molecule has 18 aromatic carbocycles. The Morgan fingerprint density at radius 2 is 0.454 bits per heavy atom. The molecular weight excluding hydrogens is 1600 g/mol. The number of aryl methyl sites for hydroxylation is 2. The van der Waals surface area contributed by atoms with E-state index in [2.05, 4.69) is 242 Å². The molecule has 4 heterocycles. The first-order chi connectivity index (χ1) is 63.8. The predicted molar refractivity (Wildman–Crippen MR) is 507 cm³/mol. The summed E-state index contributed by atoms with van der Waals surface area (Å²) in [5.74, 6) is 2.56. The molecule has 10 nitrogen and oxygen atoms in total. The summed E-state index contributed by atoms with van der Waals surface area (Å²) in [6.07, 6.45) is 0. The molecular formula is C120H74N2O8. The molecule has 5 aliphatic carbocycles. The number of anilines is 6. The zero-order chi connectivity index (χ0) is 87.2. The van der Waals surface area contributed by atoms with Crippen molar-refractivity contribution >= 4 is 68.8 Å². The number of ketones is 6. The van der Waals surface area contributed by atoms with E-state index in [0.717, 1.165) is 118 Å². The summed E-state index contributed by atoms with van der Waals surface area (Å²) in [5.41, 5.74) is 31.7. The monoisotopic (exact) mass is 1670 g/mol. The number of nitrogens with zero attached hydrogens (tertiary/aromatic N) is 2. The smallest absolute Gasteiger partial charge is 0.194 e. The number of carbonyl (C=O) groups is 6. The largest absolute Gasteiger partial charge is 0.457 e. The van der Waals surface area contributed by atoms with Crippen molar-refractivity contribution < 1.29 is 38.2 Å². The van der Waals surface area contributed by atoms with Crippen LogP contribution in [-0.2, 0) is 16.2 Å². The Labute approximate surface area is 749 Å². The van der Waals surface area contributed by atoms with Gasteiger partial charge in [0.05, 0.1) is 39.0 Å². The average Bonchev–Trinajstić information content (AvgIpc) is 1.61. The van der Waals surface area contributed by atoms with Crippen LogP contribution in [0, 0.1) is 13.8 Å². The van der Waals surface area contributed by atoms with Gasteiger partial charge in [0.2, 0.25) is 0 Å². The number of carbonyl (C=O) groups excluding carboxylic acids is 6. The van der Waals surface area contributed by atoms with Crippen LogP contribution < -0.4 is 19.3 Å². The number of benzene rings is 18. The number of hydrogen-bond acceptors (Lipinski definition) is 10. The Kier molecular flexibility index (Phi) is 16.7. The molecule has 0 fully saturated rings. The molecule has 0 aromatic heterocycles. The predicted octanol–water partition coefficient (Wildman–Crippen LogP) is 26.4. The highest BCUT2D eigenvalue weighted by atomic mass is 16.5. The van der Waals surface area contributed by atoms with Gasteiger partial charge in [-0.05, 0) is 183 Å². The Morgan fingerprint density at radius 1 is 0.200 bits per heavy atom. The number of fused-ring (bicyclic) bond motifs is 31. The molecule has 18 aromatic rings. The van der Waals surface area contributed by atoms with Gasteiger partial charge in [0.1, 0.15) is 23.0 Å². The van der Waals surface area contributed by atoms with Crippen molar-refractivity contribution in [3.05, 3.63) is 568 Å². The van der Waals surface area contributed by atoms with Gasteiger partial charge in [-0.3, -0.25) is 28.8 Å². The van der Waals surface area contributed by atoms with E-state index in [9.17, 15) is 28.8 Å². The Balaban J connectivity index is 0.000000105. The molecule has 130 heavy (non-hydrogen) atoms. The van der Waals surface area contributed by atoms with E-state index in [-0.39, 0.29) is 40.6 Å². The molecule has 0 saturated heterocycles. The summed E-state index contributed by atoms with van der Waals surface area (Å²) in [6, 6.07) is 137. The van der Waals surface area contributed by atoms with Crippen LogP contribution in [0.5, 0.6) is 23.0 Å². The van der Waals surface area contributed by atoms with Crippen LogP contribution in [0.4, 0.5) is 34.1 Å². The van der Waals surface area contributed by atoms with Gasteiger partial charge >= 0.3 is 0 Å². The van der Waals surface area contributed by atoms with Crippen molar-refractivity contribution in [3.63, 3.8) is 0 Å². The fourth-order valence-electron chi connectivity index (χ4n) is 22.9. The van der Waals surface area contributed by atoms with Crippen LogP contribution in [0.1, 0.15) is 196 Å². The molecule has 27 rings (SSSR count). The Hall–Kier alpha value is -16.8. The van der Waals surface area contributed by atoms with Crippen molar-refractivity contribution in [3.8, 4) is 34.1 Å². The second kappa shape index (κ2) is 28.6. The standard InChI is InChI=1S/C41H27NO3.C40H24O2.C39H23NO3/c1-24-15-19-35-33(21-24)41(31-11-5-7-13-37(31)45-38-14-8-6-12-32(38)41)34-22-25(2)16-20-36(34)42(35)26-17-18-29-30(23-26)40(44)28-10-4-3-9-27(28)39(29)43;41-38-27-13-1-2-14-28(27)39(42)32-23-24(21-22-29(32)38)37-30-15-5-9-19-35(30)40(36-20-10-6-16-31(36)37)33-17-7-3-11-25(33)26-12-4-8-18-34(26)40;41-37-25-11-1-2-12-26(25)38(42)28-23-24(21-22-27(28)37)40-33-17-7-3-13-29(33)39(30-14-4-8-18-34(30)40)31-15-5-9-19-35(31)43-36-20-10-6-16-32(36)39/h3-23H,1-2H3;1-23,37H;1-23H. The minimum Gasteiger partial charge on any atom is -0.457 e. The first-order valence-electron chi connectivity index (χ1n) is 43.9. The van der Waals surface area contributed by atoms with E-state index in [1.807, 2.05) is 127 Å². The number of hydrogen-bond donors (Lipinski definition) is 0. The van der Waals surface area contributed by atoms with E-state index in [1.165, 1.54) is 44.5 Å². The summed E-state index contributed by atoms with van der Waals surface area (Å²) < 4.78 is 13.0. The fourth-order valence-corrected chi connectivity index (χ4v) is 22.9. The molecule has 0 saturated carbocycles. The van der Waals surface area contributed by atoms with Gasteiger partial charge in [0.25, 0.3) is 0 Å². The van der Waals surface area contributed by atoms with Crippen molar-refractivity contribution in [1.29, 1.82) is 0 Å². The van der Waals surface area contributed by atoms with E-state index in [4.69, 9.17) is 9.47 Å². The molecule has 0 N–H and O–H groups in total. The summed E-state index contributed by atoms with van der Waals surface area (Å²) in [5, 5.41) is 0. The molecule has 0 radical (unpaired) electrons.